The van der Waals surface area contributed by atoms with Crippen LogP contribution in [0.2, 0.25) is 0 Å². The molecule has 0 spiro atoms. The number of carbonyl (C=O) groups excluding carboxylic acids is 1. The lowest BCUT2D eigenvalue weighted by Gasteiger charge is -2.23. The van der Waals surface area contributed by atoms with Crippen molar-refractivity contribution in [2.24, 2.45) is 18.9 Å². The van der Waals surface area contributed by atoms with Gasteiger partial charge in [0.25, 0.3) is 0 Å². The number of rotatable bonds is 4. The van der Waals surface area contributed by atoms with Gasteiger partial charge in [0.1, 0.15) is 5.82 Å². The lowest BCUT2D eigenvalue weighted by molar-refractivity contribution is -0.125. The standard InChI is InChI=1S/C16H23N3O/c1-10(2)14(18-16(20)11(3)4)15-17-12-8-6-7-9-13(12)19(15)5/h6-11,14H,1-5H3,(H,18,20)/t14-/m0/s1. The molecule has 1 N–H and O–H groups in total. The van der Waals surface area contributed by atoms with E-state index in [4.69, 9.17) is 4.98 Å². The maximum Gasteiger partial charge on any atom is 0.223 e. The topological polar surface area (TPSA) is 46.9 Å². The van der Waals surface area contributed by atoms with Crippen LogP contribution < -0.4 is 5.32 Å². The highest BCUT2D eigenvalue weighted by Gasteiger charge is 2.24. The van der Waals surface area contributed by atoms with E-state index in [9.17, 15) is 4.79 Å². The Bertz CT molecular complexity index is 613. The number of nitrogens with zero attached hydrogens (tertiary/aromatic N) is 2. The molecule has 0 aliphatic heterocycles. The van der Waals surface area contributed by atoms with Crippen molar-refractivity contribution in [1.82, 2.24) is 14.9 Å². The molecule has 0 saturated carbocycles. The average Bonchev–Trinajstić information content (AvgIpc) is 2.73. The molecule has 20 heavy (non-hydrogen) atoms. The van der Waals surface area contributed by atoms with Gasteiger partial charge >= 0.3 is 0 Å². The summed E-state index contributed by atoms with van der Waals surface area (Å²) in [5, 5.41) is 3.11. The number of benzene rings is 1. The van der Waals surface area contributed by atoms with Crippen LogP contribution in [0.1, 0.15) is 39.6 Å². The Labute approximate surface area is 120 Å². The first kappa shape index (κ1) is 14.6. The fraction of sp³-hybridized carbons (Fsp3) is 0.500. The SMILES string of the molecule is CC(C)C(=O)N[C@H](c1nc2ccccc2n1C)C(C)C. The molecule has 0 fully saturated rings. The lowest BCUT2D eigenvalue weighted by Crippen LogP contribution is -2.35. The molecule has 1 aromatic heterocycles. The first-order chi connectivity index (χ1) is 9.41. The van der Waals surface area contributed by atoms with E-state index in [1.54, 1.807) is 0 Å². The number of amides is 1. The lowest BCUT2D eigenvalue weighted by atomic mass is 10.0. The summed E-state index contributed by atoms with van der Waals surface area (Å²) in [6, 6.07) is 7.97. The number of para-hydroxylation sites is 2. The molecule has 1 amide bonds. The molecular formula is C16H23N3O. The summed E-state index contributed by atoms with van der Waals surface area (Å²) in [7, 11) is 2.00. The van der Waals surface area contributed by atoms with Gasteiger partial charge in [-0.3, -0.25) is 4.79 Å². The third-order valence-corrected chi connectivity index (χ3v) is 3.59. The zero-order valence-electron chi connectivity index (χ0n) is 12.8. The smallest absolute Gasteiger partial charge is 0.223 e. The van der Waals surface area contributed by atoms with E-state index in [2.05, 4.69) is 23.7 Å². The van der Waals surface area contributed by atoms with E-state index in [0.29, 0.717) is 0 Å². The quantitative estimate of drug-likeness (QED) is 0.930. The molecule has 4 heteroatoms. The number of nitrogens with one attached hydrogen (secondary N) is 1. The number of aromatic nitrogens is 2. The second-order valence-electron chi connectivity index (χ2n) is 5.90. The van der Waals surface area contributed by atoms with Crippen molar-refractivity contribution >= 4 is 16.9 Å². The van der Waals surface area contributed by atoms with Crippen LogP contribution in [0.25, 0.3) is 11.0 Å². The molecule has 1 heterocycles. The predicted molar refractivity (Wildman–Crippen MR) is 81.3 cm³/mol. The number of carbonyl (C=O) groups is 1. The minimum Gasteiger partial charge on any atom is -0.346 e. The van der Waals surface area contributed by atoms with E-state index < -0.39 is 0 Å². The highest BCUT2D eigenvalue weighted by molar-refractivity contribution is 5.79. The van der Waals surface area contributed by atoms with Crippen LogP contribution in [0, 0.1) is 11.8 Å². The first-order valence-corrected chi connectivity index (χ1v) is 7.13. The summed E-state index contributed by atoms with van der Waals surface area (Å²) in [5.41, 5.74) is 2.06. The fourth-order valence-electron chi connectivity index (χ4n) is 2.29. The van der Waals surface area contributed by atoms with Gasteiger partial charge in [-0.15, -0.1) is 0 Å². The van der Waals surface area contributed by atoms with Gasteiger partial charge in [-0.2, -0.15) is 0 Å². The normalized spacial score (nSPS) is 13.2. The summed E-state index contributed by atoms with van der Waals surface area (Å²) in [4.78, 5) is 16.7. The van der Waals surface area contributed by atoms with Gasteiger partial charge < -0.3 is 9.88 Å². The van der Waals surface area contributed by atoms with E-state index >= 15 is 0 Å². The highest BCUT2D eigenvalue weighted by Crippen LogP contribution is 2.25. The van der Waals surface area contributed by atoms with Gasteiger partial charge in [0.15, 0.2) is 0 Å². The third kappa shape index (κ3) is 2.69. The van der Waals surface area contributed by atoms with Crippen molar-refractivity contribution in [2.45, 2.75) is 33.7 Å². The fourth-order valence-corrected chi connectivity index (χ4v) is 2.29. The van der Waals surface area contributed by atoms with Gasteiger partial charge in [-0.1, -0.05) is 39.8 Å². The number of fused-ring (bicyclic) bond motifs is 1. The molecule has 1 aromatic carbocycles. The molecule has 0 unspecified atom stereocenters. The molecule has 2 rings (SSSR count). The zero-order valence-corrected chi connectivity index (χ0v) is 12.8. The highest BCUT2D eigenvalue weighted by atomic mass is 16.1. The van der Waals surface area contributed by atoms with Gasteiger partial charge in [0, 0.05) is 13.0 Å². The Hall–Kier alpha value is -1.84. The Kier molecular flexibility index (Phi) is 4.12. The third-order valence-electron chi connectivity index (χ3n) is 3.59. The van der Waals surface area contributed by atoms with Crippen LogP contribution in [-0.4, -0.2) is 15.5 Å². The van der Waals surface area contributed by atoms with Crippen LogP contribution in [-0.2, 0) is 11.8 Å². The van der Waals surface area contributed by atoms with Crippen molar-refractivity contribution in [3.63, 3.8) is 0 Å². The Morgan fingerprint density at radius 1 is 1.20 bits per heavy atom. The molecule has 0 radical (unpaired) electrons. The summed E-state index contributed by atoms with van der Waals surface area (Å²) in [6.45, 7) is 8.01. The molecule has 108 valence electrons. The second-order valence-corrected chi connectivity index (χ2v) is 5.90. The second kappa shape index (κ2) is 5.65. The van der Waals surface area contributed by atoms with E-state index in [-0.39, 0.29) is 23.8 Å². The molecule has 2 aromatic rings. The molecule has 0 saturated heterocycles. The van der Waals surface area contributed by atoms with Crippen molar-refractivity contribution in [1.29, 1.82) is 0 Å². The molecular weight excluding hydrogens is 250 g/mol. The minimum absolute atomic E-state index is 0.0223. The molecule has 1 atom stereocenters. The predicted octanol–water partition coefficient (Wildman–Crippen LogP) is 3.04. The number of hydrogen-bond acceptors (Lipinski definition) is 2. The minimum atomic E-state index is -0.0673. The Morgan fingerprint density at radius 3 is 2.40 bits per heavy atom. The number of aryl methyl sites for hydroxylation is 1. The number of hydrogen-bond donors (Lipinski definition) is 1. The maximum absolute atomic E-state index is 12.0. The number of imidazole rings is 1. The van der Waals surface area contributed by atoms with Crippen LogP contribution in [0.5, 0.6) is 0 Å². The van der Waals surface area contributed by atoms with Gasteiger partial charge in [-0.25, -0.2) is 4.98 Å². The average molecular weight is 273 g/mol. The summed E-state index contributed by atoms with van der Waals surface area (Å²) < 4.78 is 2.07. The monoisotopic (exact) mass is 273 g/mol. The van der Waals surface area contributed by atoms with Crippen LogP contribution in [0.3, 0.4) is 0 Å². The molecule has 0 bridgehead atoms. The maximum atomic E-state index is 12.0. The van der Waals surface area contributed by atoms with Crippen molar-refractivity contribution < 1.29 is 4.79 Å². The van der Waals surface area contributed by atoms with Crippen molar-refractivity contribution in [3.8, 4) is 0 Å². The Morgan fingerprint density at radius 2 is 1.85 bits per heavy atom. The van der Waals surface area contributed by atoms with Gasteiger partial charge in [0.05, 0.1) is 17.1 Å². The van der Waals surface area contributed by atoms with E-state index in [1.165, 1.54) is 0 Å². The van der Waals surface area contributed by atoms with Crippen LogP contribution >= 0.6 is 0 Å². The van der Waals surface area contributed by atoms with E-state index in [1.807, 2.05) is 45.2 Å². The first-order valence-electron chi connectivity index (χ1n) is 7.13. The summed E-state index contributed by atoms with van der Waals surface area (Å²) in [5.74, 6) is 1.24. The zero-order chi connectivity index (χ0) is 14.9. The summed E-state index contributed by atoms with van der Waals surface area (Å²) >= 11 is 0. The van der Waals surface area contributed by atoms with Gasteiger partial charge in [0.2, 0.25) is 5.91 Å². The molecule has 4 nitrogen and oxygen atoms in total. The van der Waals surface area contributed by atoms with Gasteiger partial charge in [-0.05, 0) is 18.1 Å². The molecule has 0 aliphatic rings. The van der Waals surface area contributed by atoms with Crippen LogP contribution in [0.15, 0.2) is 24.3 Å². The summed E-state index contributed by atoms with van der Waals surface area (Å²) in [6.07, 6.45) is 0. The van der Waals surface area contributed by atoms with E-state index in [0.717, 1.165) is 16.9 Å². The van der Waals surface area contributed by atoms with Crippen molar-refractivity contribution in [3.05, 3.63) is 30.1 Å². The Balaban J connectivity index is 2.41. The largest absolute Gasteiger partial charge is 0.346 e. The van der Waals surface area contributed by atoms with Crippen LogP contribution in [0.4, 0.5) is 0 Å². The van der Waals surface area contributed by atoms with Crippen molar-refractivity contribution in [2.75, 3.05) is 0 Å². The molecule has 0 aliphatic carbocycles.